The fourth-order valence-electron chi connectivity index (χ4n) is 1.90. The summed E-state index contributed by atoms with van der Waals surface area (Å²) in [6.45, 7) is 4.47. The van der Waals surface area contributed by atoms with Gasteiger partial charge in [0.25, 0.3) is 0 Å². The van der Waals surface area contributed by atoms with Gasteiger partial charge in [-0.1, -0.05) is 0 Å². The molecule has 0 unspecified atom stereocenters. The van der Waals surface area contributed by atoms with E-state index in [1.165, 1.54) is 0 Å². The second-order valence-electron chi connectivity index (χ2n) is 4.31. The Morgan fingerprint density at radius 2 is 2.21 bits per heavy atom. The van der Waals surface area contributed by atoms with Gasteiger partial charge < -0.3 is 4.57 Å². The molecule has 0 radical (unpaired) electrons. The van der Waals surface area contributed by atoms with Crippen LogP contribution in [0.25, 0.3) is 0 Å². The molecule has 2 aromatic heterocycles. The van der Waals surface area contributed by atoms with Crippen molar-refractivity contribution < 1.29 is 8.42 Å². The van der Waals surface area contributed by atoms with E-state index in [4.69, 9.17) is 0 Å². The van der Waals surface area contributed by atoms with E-state index < -0.39 is 10.0 Å². The van der Waals surface area contributed by atoms with Crippen LogP contribution >= 0.6 is 0 Å². The average molecular weight is 283 g/mol. The van der Waals surface area contributed by atoms with Gasteiger partial charge in [0.2, 0.25) is 10.0 Å². The largest absolute Gasteiger partial charge is 0.337 e. The maximum atomic E-state index is 12.1. The third-order valence-corrected chi connectivity index (χ3v) is 4.50. The molecule has 0 bridgehead atoms. The quantitative estimate of drug-likeness (QED) is 0.759. The second kappa shape index (κ2) is 5.54. The molecule has 19 heavy (non-hydrogen) atoms. The van der Waals surface area contributed by atoms with E-state index in [-0.39, 0.29) is 4.90 Å². The maximum absolute atomic E-state index is 12.1. The molecule has 2 N–H and O–H groups in total. The van der Waals surface area contributed by atoms with Gasteiger partial charge in [-0.2, -0.15) is 5.10 Å². The first-order valence-electron chi connectivity index (χ1n) is 5.97. The molecule has 0 saturated heterocycles. The average Bonchev–Trinajstić information content (AvgIpc) is 2.95. The van der Waals surface area contributed by atoms with Crippen molar-refractivity contribution in [1.29, 1.82) is 0 Å². The minimum atomic E-state index is -3.49. The number of aromatic amines is 1. The van der Waals surface area contributed by atoms with Gasteiger partial charge >= 0.3 is 0 Å². The Kier molecular flexibility index (Phi) is 4.01. The molecule has 7 nitrogen and oxygen atoms in total. The van der Waals surface area contributed by atoms with E-state index in [0.29, 0.717) is 24.4 Å². The van der Waals surface area contributed by atoms with Gasteiger partial charge in [0.1, 0.15) is 4.90 Å². The van der Waals surface area contributed by atoms with Crippen molar-refractivity contribution in [3.05, 3.63) is 30.1 Å². The van der Waals surface area contributed by atoms with E-state index in [9.17, 15) is 8.42 Å². The molecule has 0 spiro atoms. The number of H-pyrrole nitrogens is 1. The van der Waals surface area contributed by atoms with Gasteiger partial charge in [-0.05, 0) is 20.3 Å². The number of nitrogens with one attached hydrogen (secondary N) is 2. The topological polar surface area (TPSA) is 92.7 Å². The van der Waals surface area contributed by atoms with Crippen molar-refractivity contribution in [1.82, 2.24) is 24.5 Å². The Labute approximate surface area is 112 Å². The highest BCUT2D eigenvalue weighted by molar-refractivity contribution is 7.89. The van der Waals surface area contributed by atoms with Gasteiger partial charge in [0.15, 0.2) is 0 Å². The van der Waals surface area contributed by atoms with E-state index in [1.54, 1.807) is 26.4 Å². The highest BCUT2D eigenvalue weighted by Gasteiger charge is 2.21. The molecule has 0 atom stereocenters. The number of hydrogen-bond acceptors (Lipinski definition) is 4. The first-order valence-corrected chi connectivity index (χ1v) is 7.46. The monoisotopic (exact) mass is 283 g/mol. The molecule has 0 aliphatic rings. The number of imidazole rings is 1. The maximum Gasteiger partial charge on any atom is 0.244 e. The number of aryl methyl sites for hydroxylation is 3. The molecular formula is C11H17N5O2S. The second-order valence-corrected chi connectivity index (χ2v) is 6.02. The lowest BCUT2D eigenvalue weighted by atomic mass is 10.4. The van der Waals surface area contributed by atoms with Gasteiger partial charge in [0.05, 0.1) is 17.7 Å². The first-order chi connectivity index (χ1) is 9.00. The van der Waals surface area contributed by atoms with Crippen LogP contribution in [0.5, 0.6) is 0 Å². The third-order valence-electron chi connectivity index (χ3n) is 2.77. The fraction of sp³-hybridized carbons (Fsp3) is 0.455. The van der Waals surface area contributed by atoms with Crippen LogP contribution in [0, 0.1) is 13.8 Å². The van der Waals surface area contributed by atoms with Crippen molar-refractivity contribution in [2.24, 2.45) is 0 Å². The summed E-state index contributed by atoms with van der Waals surface area (Å²) in [6.07, 6.45) is 5.95. The minimum Gasteiger partial charge on any atom is -0.337 e. The summed E-state index contributed by atoms with van der Waals surface area (Å²) in [7, 11) is -3.49. The van der Waals surface area contributed by atoms with E-state index in [1.807, 2.05) is 10.8 Å². The molecule has 0 amide bonds. The smallest absolute Gasteiger partial charge is 0.244 e. The van der Waals surface area contributed by atoms with Crippen molar-refractivity contribution in [3.63, 3.8) is 0 Å². The molecule has 2 aromatic rings. The van der Waals surface area contributed by atoms with E-state index in [0.717, 1.165) is 6.54 Å². The summed E-state index contributed by atoms with van der Waals surface area (Å²) in [5.74, 6) is 0. The molecule has 2 rings (SSSR count). The van der Waals surface area contributed by atoms with Crippen LogP contribution in [-0.4, -0.2) is 34.7 Å². The lowest BCUT2D eigenvalue weighted by Crippen LogP contribution is -2.26. The normalized spacial score (nSPS) is 11.9. The number of sulfonamides is 1. The first kappa shape index (κ1) is 13.8. The highest BCUT2D eigenvalue weighted by atomic mass is 32.2. The molecule has 0 aliphatic heterocycles. The fourth-order valence-corrected chi connectivity index (χ4v) is 3.34. The van der Waals surface area contributed by atoms with Gasteiger partial charge in [-0.3, -0.25) is 5.10 Å². The van der Waals surface area contributed by atoms with E-state index >= 15 is 0 Å². The van der Waals surface area contributed by atoms with Crippen LogP contribution in [-0.2, 0) is 16.6 Å². The third kappa shape index (κ3) is 3.21. The SMILES string of the molecule is Cc1n[nH]c(C)c1S(=O)(=O)NCCCn1ccnc1. The Morgan fingerprint density at radius 1 is 1.42 bits per heavy atom. The Hall–Kier alpha value is -1.67. The number of hydrogen-bond donors (Lipinski definition) is 2. The summed E-state index contributed by atoms with van der Waals surface area (Å²) < 4.78 is 28.7. The number of aromatic nitrogens is 4. The summed E-state index contributed by atoms with van der Waals surface area (Å²) in [5, 5.41) is 6.57. The number of rotatable bonds is 6. The zero-order valence-electron chi connectivity index (χ0n) is 10.9. The van der Waals surface area contributed by atoms with Crippen molar-refractivity contribution in [2.75, 3.05) is 6.54 Å². The lowest BCUT2D eigenvalue weighted by Gasteiger charge is -2.07. The summed E-state index contributed by atoms with van der Waals surface area (Å²) >= 11 is 0. The van der Waals surface area contributed by atoms with Crippen LogP contribution in [0.3, 0.4) is 0 Å². The standard InChI is InChI=1S/C11H17N5O2S/c1-9-11(10(2)15-14-9)19(17,18)13-4-3-6-16-7-5-12-8-16/h5,7-8,13H,3-4,6H2,1-2H3,(H,14,15). The van der Waals surface area contributed by atoms with Gasteiger partial charge in [0, 0.05) is 25.5 Å². The molecule has 8 heteroatoms. The van der Waals surface area contributed by atoms with Crippen LogP contribution in [0.1, 0.15) is 17.8 Å². The van der Waals surface area contributed by atoms with Crippen LogP contribution < -0.4 is 4.72 Å². The van der Waals surface area contributed by atoms with Crippen LogP contribution in [0.15, 0.2) is 23.6 Å². The molecule has 2 heterocycles. The Balaban J connectivity index is 1.92. The molecule has 104 valence electrons. The number of nitrogens with zero attached hydrogens (tertiary/aromatic N) is 3. The van der Waals surface area contributed by atoms with Crippen LogP contribution in [0.2, 0.25) is 0 Å². The minimum absolute atomic E-state index is 0.245. The summed E-state index contributed by atoms with van der Waals surface area (Å²) in [4.78, 5) is 4.17. The molecule has 0 aromatic carbocycles. The predicted octanol–water partition coefficient (Wildman–Crippen LogP) is 0.592. The lowest BCUT2D eigenvalue weighted by molar-refractivity contribution is 0.569. The van der Waals surface area contributed by atoms with Crippen LogP contribution in [0.4, 0.5) is 0 Å². The zero-order valence-corrected chi connectivity index (χ0v) is 11.7. The van der Waals surface area contributed by atoms with Crippen molar-refractivity contribution >= 4 is 10.0 Å². The Morgan fingerprint density at radius 3 is 2.79 bits per heavy atom. The zero-order chi connectivity index (χ0) is 13.9. The predicted molar refractivity (Wildman–Crippen MR) is 70.1 cm³/mol. The molecule has 0 saturated carbocycles. The van der Waals surface area contributed by atoms with Gasteiger partial charge in [-0.25, -0.2) is 18.1 Å². The molecule has 0 aliphatic carbocycles. The van der Waals surface area contributed by atoms with E-state index in [2.05, 4.69) is 19.9 Å². The molecular weight excluding hydrogens is 266 g/mol. The van der Waals surface area contributed by atoms with Crippen molar-refractivity contribution in [2.45, 2.75) is 31.7 Å². The summed E-state index contributed by atoms with van der Waals surface area (Å²) in [6, 6.07) is 0. The molecule has 0 fully saturated rings. The van der Waals surface area contributed by atoms with Crippen molar-refractivity contribution in [3.8, 4) is 0 Å². The Bertz CT molecular complexity index is 611. The van der Waals surface area contributed by atoms with Gasteiger partial charge in [-0.15, -0.1) is 0 Å². The highest BCUT2D eigenvalue weighted by Crippen LogP contribution is 2.15. The summed E-state index contributed by atoms with van der Waals surface area (Å²) in [5.41, 5.74) is 1.04.